The second-order valence-corrected chi connectivity index (χ2v) is 7.74. The Morgan fingerprint density at radius 3 is 2.53 bits per heavy atom. The van der Waals surface area contributed by atoms with Crippen molar-refractivity contribution in [2.24, 2.45) is 5.92 Å². The Kier molecular flexibility index (Phi) is 6.09. The Labute approximate surface area is 175 Å². The number of nitrogens with one attached hydrogen (secondary N) is 1. The molecule has 0 radical (unpaired) electrons. The molecular weight excluding hydrogens is 380 g/mol. The standard InChI is InChI=1S/C18H21N3O2.C5H5NO/c22-17-14-3-1-2-4-16(14)21(11-13-5-6-13)12-15(17)18(23)20-9-7-19-8-10-20;7-5-2-1-3-6-4-5/h1-4,12-13,19H,5-11H2;1-4,7H. The highest BCUT2D eigenvalue weighted by atomic mass is 16.3. The first kappa shape index (κ1) is 20.1. The number of fused-ring (bicyclic) bond motifs is 1. The number of rotatable bonds is 3. The normalized spacial score (nSPS) is 16.1. The number of piperazine rings is 1. The van der Waals surface area contributed by atoms with E-state index in [1.165, 1.54) is 19.0 Å². The predicted molar refractivity (Wildman–Crippen MR) is 116 cm³/mol. The van der Waals surface area contributed by atoms with E-state index >= 15 is 0 Å². The zero-order valence-electron chi connectivity index (χ0n) is 16.8. The maximum absolute atomic E-state index is 12.8. The largest absolute Gasteiger partial charge is 0.506 e. The number of hydrogen-bond acceptors (Lipinski definition) is 5. The molecule has 5 rings (SSSR count). The fourth-order valence-corrected chi connectivity index (χ4v) is 3.62. The molecule has 3 aromatic rings. The highest BCUT2D eigenvalue weighted by molar-refractivity contribution is 5.97. The lowest BCUT2D eigenvalue weighted by atomic mass is 10.1. The Morgan fingerprint density at radius 1 is 1.13 bits per heavy atom. The molecule has 1 aliphatic carbocycles. The van der Waals surface area contributed by atoms with Crippen LogP contribution in [0, 0.1) is 5.92 Å². The summed E-state index contributed by atoms with van der Waals surface area (Å²) in [5.74, 6) is 0.761. The lowest BCUT2D eigenvalue weighted by molar-refractivity contribution is 0.0734. The minimum atomic E-state index is -0.142. The van der Waals surface area contributed by atoms with Gasteiger partial charge in [0.2, 0.25) is 5.43 Å². The molecule has 0 spiro atoms. The molecule has 2 aliphatic rings. The fourth-order valence-electron chi connectivity index (χ4n) is 3.62. The Bertz CT molecular complexity index is 1070. The maximum Gasteiger partial charge on any atom is 0.259 e. The lowest BCUT2D eigenvalue weighted by Crippen LogP contribution is -2.47. The van der Waals surface area contributed by atoms with Crippen molar-refractivity contribution in [3.05, 3.63) is 70.8 Å². The van der Waals surface area contributed by atoms with Crippen LogP contribution < -0.4 is 10.7 Å². The van der Waals surface area contributed by atoms with E-state index < -0.39 is 0 Å². The van der Waals surface area contributed by atoms with Crippen LogP contribution in [-0.2, 0) is 6.54 Å². The lowest BCUT2D eigenvalue weighted by Gasteiger charge is -2.27. The van der Waals surface area contributed by atoms with E-state index in [2.05, 4.69) is 14.9 Å². The molecule has 1 saturated carbocycles. The molecular formula is C23H26N4O3. The minimum absolute atomic E-state index is 0.133. The molecule has 2 N–H and O–H groups in total. The number of amides is 1. The van der Waals surface area contributed by atoms with Crippen LogP contribution in [0.4, 0.5) is 0 Å². The molecule has 0 atom stereocenters. The summed E-state index contributed by atoms with van der Waals surface area (Å²) in [5.41, 5.74) is 1.10. The van der Waals surface area contributed by atoms with Crippen LogP contribution >= 0.6 is 0 Å². The Morgan fingerprint density at radius 2 is 1.90 bits per heavy atom. The number of nitrogens with zero attached hydrogens (tertiary/aromatic N) is 3. The first-order chi connectivity index (χ1) is 14.6. The van der Waals surface area contributed by atoms with Gasteiger partial charge in [-0.3, -0.25) is 14.6 Å². The number of para-hydroxylation sites is 1. The molecule has 3 heterocycles. The maximum atomic E-state index is 12.8. The predicted octanol–water partition coefficient (Wildman–Crippen LogP) is 2.24. The zero-order valence-corrected chi connectivity index (χ0v) is 16.8. The van der Waals surface area contributed by atoms with Crippen LogP contribution in [0.2, 0.25) is 0 Å². The number of carbonyl (C=O) groups excluding carboxylic acids is 1. The summed E-state index contributed by atoms with van der Waals surface area (Å²) in [5, 5.41) is 12.5. The third kappa shape index (κ3) is 4.68. The average molecular weight is 406 g/mol. The molecule has 1 amide bonds. The quantitative estimate of drug-likeness (QED) is 0.697. The summed E-state index contributed by atoms with van der Waals surface area (Å²) in [6, 6.07) is 10.9. The van der Waals surface area contributed by atoms with Crippen molar-refractivity contribution in [2.75, 3.05) is 26.2 Å². The number of aromatic nitrogens is 2. The van der Waals surface area contributed by atoms with Gasteiger partial charge >= 0.3 is 0 Å². The van der Waals surface area contributed by atoms with E-state index in [0.29, 0.717) is 30.0 Å². The van der Waals surface area contributed by atoms with Gasteiger partial charge in [0.25, 0.3) is 5.91 Å². The van der Waals surface area contributed by atoms with Gasteiger partial charge in [0.05, 0.1) is 11.7 Å². The number of carbonyl (C=O) groups is 1. The van der Waals surface area contributed by atoms with Crippen molar-refractivity contribution < 1.29 is 9.90 Å². The van der Waals surface area contributed by atoms with Gasteiger partial charge < -0.3 is 19.9 Å². The number of pyridine rings is 2. The topological polar surface area (TPSA) is 87.5 Å². The number of benzene rings is 1. The fraction of sp³-hybridized carbons (Fsp3) is 0.348. The van der Waals surface area contributed by atoms with E-state index in [1.807, 2.05) is 24.3 Å². The first-order valence-electron chi connectivity index (χ1n) is 10.3. The molecule has 1 aromatic carbocycles. The van der Waals surface area contributed by atoms with Crippen LogP contribution in [0.5, 0.6) is 5.75 Å². The number of hydrogen-bond donors (Lipinski definition) is 2. The summed E-state index contributed by atoms with van der Waals surface area (Å²) in [7, 11) is 0. The van der Waals surface area contributed by atoms with Crippen LogP contribution in [0.1, 0.15) is 23.2 Å². The van der Waals surface area contributed by atoms with Gasteiger partial charge in [0, 0.05) is 50.5 Å². The van der Waals surface area contributed by atoms with E-state index in [0.717, 1.165) is 25.2 Å². The third-order valence-corrected chi connectivity index (χ3v) is 5.42. The Hall–Kier alpha value is -3.19. The molecule has 2 fully saturated rings. The van der Waals surface area contributed by atoms with E-state index in [-0.39, 0.29) is 17.1 Å². The van der Waals surface area contributed by atoms with Crippen LogP contribution in [0.3, 0.4) is 0 Å². The molecule has 2 aromatic heterocycles. The van der Waals surface area contributed by atoms with Gasteiger partial charge in [-0.15, -0.1) is 0 Å². The summed E-state index contributed by atoms with van der Waals surface area (Å²) in [4.78, 5) is 31.0. The molecule has 0 bridgehead atoms. The van der Waals surface area contributed by atoms with Crippen LogP contribution in [0.25, 0.3) is 10.9 Å². The first-order valence-corrected chi connectivity index (χ1v) is 10.3. The van der Waals surface area contributed by atoms with Crippen molar-refractivity contribution in [3.8, 4) is 5.75 Å². The van der Waals surface area contributed by atoms with E-state index in [1.54, 1.807) is 29.4 Å². The van der Waals surface area contributed by atoms with Gasteiger partial charge in [-0.25, -0.2) is 0 Å². The van der Waals surface area contributed by atoms with Gasteiger partial charge in [-0.05, 0) is 43.0 Å². The highest BCUT2D eigenvalue weighted by Gasteiger charge is 2.25. The van der Waals surface area contributed by atoms with Crippen molar-refractivity contribution in [2.45, 2.75) is 19.4 Å². The molecule has 0 unspecified atom stereocenters. The summed E-state index contributed by atoms with van der Waals surface area (Å²) < 4.78 is 2.10. The van der Waals surface area contributed by atoms with Crippen molar-refractivity contribution in [1.29, 1.82) is 0 Å². The monoisotopic (exact) mass is 406 g/mol. The molecule has 1 saturated heterocycles. The smallest absolute Gasteiger partial charge is 0.259 e. The molecule has 30 heavy (non-hydrogen) atoms. The third-order valence-electron chi connectivity index (χ3n) is 5.42. The highest BCUT2D eigenvalue weighted by Crippen LogP contribution is 2.31. The van der Waals surface area contributed by atoms with Crippen molar-refractivity contribution >= 4 is 16.8 Å². The van der Waals surface area contributed by atoms with Crippen molar-refractivity contribution in [3.63, 3.8) is 0 Å². The van der Waals surface area contributed by atoms with Gasteiger partial charge in [0.15, 0.2) is 0 Å². The summed E-state index contributed by atoms with van der Waals surface area (Å²) in [6.45, 7) is 3.79. The van der Waals surface area contributed by atoms with Crippen LogP contribution in [-0.4, -0.2) is 51.6 Å². The van der Waals surface area contributed by atoms with Crippen molar-refractivity contribution in [1.82, 2.24) is 19.8 Å². The number of aromatic hydroxyl groups is 1. The van der Waals surface area contributed by atoms with Crippen LogP contribution in [0.15, 0.2) is 59.8 Å². The molecule has 1 aliphatic heterocycles. The summed E-state index contributed by atoms with van der Waals surface area (Å²) in [6.07, 6.45) is 7.26. The van der Waals surface area contributed by atoms with E-state index in [4.69, 9.17) is 5.11 Å². The SMILES string of the molecule is O=C(c1cn(CC2CC2)c2ccccc2c1=O)N1CCNCC1.Oc1cccnc1. The van der Waals surface area contributed by atoms with Gasteiger partial charge in [-0.2, -0.15) is 0 Å². The van der Waals surface area contributed by atoms with Gasteiger partial charge in [0.1, 0.15) is 11.3 Å². The molecule has 156 valence electrons. The van der Waals surface area contributed by atoms with Gasteiger partial charge in [-0.1, -0.05) is 12.1 Å². The molecule has 7 heteroatoms. The Balaban J connectivity index is 0.000000265. The average Bonchev–Trinajstić information content (AvgIpc) is 3.61. The second-order valence-electron chi connectivity index (χ2n) is 7.74. The van der Waals surface area contributed by atoms with E-state index in [9.17, 15) is 9.59 Å². The zero-order chi connectivity index (χ0) is 20.9. The summed E-state index contributed by atoms with van der Waals surface area (Å²) >= 11 is 0. The minimum Gasteiger partial charge on any atom is -0.506 e. The second kappa shape index (κ2) is 9.09. The molecule has 7 nitrogen and oxygen atoms in total.